The van der Waals surface area contributed by atoms with Gasteiger partial charge in [-0.1, -0.05) is 42.5 Å². The van der Waals surface area contributed by atoms with Gasteiger partial charge in [0.2, 0.25) is 0 Å². The molecule has 0 saturated carbocycles. The van der Waals surface area contributed by atoms with E-state index in [-0.39, 0.29) is 6.04 Å². The Hall–Kier alpha value is -3.12. The normalized spacial score (nSPS) is 12.6. The summed E-state index contributed by atoms with van der Waals surface area (Å²) in [5.74, 6) is 0.785. The van der Waals surface area contributed by atoms with Crippen molar-refractivity contribution in [1.29, 1.82) is 0 Å². The summed E-state index contributed by atoms with van der Waals surface area (Å²) in [6.45, 7) is 6.78. The molecule has 0 amide bonds. The first-order valence-corrected chi connectivity index (χ1v) is 10.0. The zero-order valence-electron chi connectivity index (χ0n) is 17.1. The minimum absolute atomic E-state index is 0.105. The summed E-state index contributed by atoms with van der Waals surface area (Å²) in [5.41, 5.74) is 3.38. The molecule has 1 aromatic heterocycles. The molecule has 0 aliphatic carbocycles. The number of ether oxygens (including phenoxy) is 1. The lowest BCUT2D eigenvalue weighted by Gasteiger charge is -2.19. The van der Waals surface area contributed by atoms with Crippen molar-refractivity contribution in [3.05, 3.63) is 84.2 Å². The van der Waals surface area contributed by atoms with Gasteiger partial charge in [-0.05, 0) is 43.2 Å². The maximum Gasteiger partial charge on any atom is 0.191 e. The second-order valence-corrected chi connectivity index (χ2v) is 6.71. The minimum atomic E-state index is 0.105. The summed E-state index contributed by atoms with van der Waals surface area (Å²) in [6.07, 6.45) is 3.72. The number of aliphatic imine (C=N–C) groups is 1. The molecule has 2 aromatic carbocycles. The lowest BCUT2D eigenvalue weighted by molar-refractivity contribution is 0.128. The van der Waals surface area contributed by atoms with Gasteiger partial charge in [0.15, 0.2) is 5.96 Å². The number of rotatable bonds is 9. The summed E-state index contributed by atoms with van der Waals surface area (Å²) in [5, 5.41) is 11.1. The largest absolute Gasteiger partial charge is 0.375 e. The molecule has 0 fully saturated rings. The number of benzene rings is 2. The standard InChI is InChI=1S/C23H29N5O/c1-3-24-23(25-14-16-29-18-20-9-5-4-6-10-20)27-19(2)21-11-7-12-22(17-21)28-15-8-13-26-28/h4-13,15,17,19H,3,14,16,18H2,1-2H3,(H2,24,25,27). The van der Waals surface area contributed by atoms with Gasteiger partial charge < -0.3 is 15.4 Å². The van der Waals surface area contributed by atoms with Crippen LogP contribution >= 0.6 is 0 Å². The van der Waals surface area contributed by atoms with Gasteiger partial charge in [0.1, 0.15) is 0 Å². The second-order valence-electron chi connectivity index (χ2n) is 6.71. The highest BCUT2D eigenvalue weighted by Gasteiger charge is 2.09. The molecule has 0 aliphatic heterocycles. The van der Waals surface area contributed by atoms with Crippen molar-refractivity contribution in [2.75, 3.05) is 19.7 Å². The van der Waals surface area contributed by atoms with Crippen LogP contribution < -0.4 is 10.6 Å². The van der Waals surface area contributed by atoms with Gasteiger partial charge >= 0.3 is 0 Å². The lowest BCUT2D eigenvalue weighted by Crippen LogP contribution is -2.39. The zero-order chi connectivity index (χ0) is 20.3. The molecule has 6 nitrogen and oxygen atoms in total. The molecule has 0 aliphatic rings. The fourth-order valence-corrected chi connectivity index (χ4v) is 2.95. The topological polar surface area (TPSA) is 63.5 Å². The molecule has 0 spiro atoms. The Bertz CT molecular complexity index is 877. The maximum absolute atomic E-state index is 5.72. The van der Waals surface area contributed by atoms with Gasteiger partial charge in [-0.15, -0.1) is 0 Å². The van der Waals surface area contributed by atoms with Crippen molar-refractivity contribution in [3.8, 4) is 5.69 Å². The molecule has 0 saturated heterocycles. The van der Waals surface area contributed by atoms with Crippen molar-refractivity contribution >= 4 is 5.96 Å². The molecule has 0 bridgehead atoms. The average Bonchev–Trinajstić information content (AvgIpc) is 3.29. The molecule has 2 N–H and O–H groups in total. The number of guanidine groups is 1. The lowest BCUT2D eigenvalue weighted by atomic mass is 10.1. The van der Waals surface area contributed by atoms with Gasteiger partial charge in [0.05, 0.1) is 31.5 Å². The third-order valence-electron chi connectivity index (χ3n) is 4.45. The van der Waals surface area contributed by atoms with Gasteiger partial charge in [0.25, 0.3) is 0 Å². The van der Waals surface area contributed by atoms with E-state index in [2.05, 4.69) is 58.8 Å². The Labute approximate surface area is 172 Å². The zero-order valence-corrected chi connectivity index (χ0v) is 17.1. The van der Waals surface area contributed by atoms with Crippen LogP contribution in [0.15, 0.2) is 78.0 Å². The fourth-order valence-electron chi connectivity index (χ4n) is 2.95. The highest BCUT2D eigenvalue weighted by Crippen LogP contribution is 2.16. The quantitative estimate of drug-likeness (QED) is 0.332. The Morgan fingerprint density at radius 2 is 2.00 bits per heavy atom. The van der Waals surface area contributed by atoms with Crippen LogP contribution in [-0.2, 0) is 11.3 Å². The van der Waals surface area contributed by atoms with E-state index in [0.29, 0.717) is 19.8 Å². The summed E-state index contributed by atoms with van der Waals surface area (Å²) in [4.78, 5) is 4.63. The number of nitrogens with one attached hydrogen (secondary N) is 2. The predicted molar refractivity (Wildman–Crippen MR) is 117 cm³/mol. The van der Waals surface area contributed by atoms with Crippen molar-refractivity contribution < 1.29 is 4.74 Å². The van der Waals surface area contributed by atoms with E-state index in [0.717, 1.165) is 18.2 Å². The van der Waals surface area contributed by atoms with Gasteiger partial charge in [0, 0.05) is 18.9 Å². The molecule has 6 heteroatoms. The monoisotopic (exact) mass is 391 g/mol. The highest BCUT2D eigenvalue weighted by molar-refractivity contribution is 5.80. The van der Waals surface area contributed by atoms with Crippen molar-refractivity contribution in [2.45, 2.75) is 26.5 Å². The van der Waals surface area contributed by atoms with Crippen LogP contribution in [-0.4, -0.2) is 35.4 Å². The van der Waals surface area contributed by atoms with Crippen molar-refractivity contribution in [1.82, 2.24) is 20.4 Å². The molecule has 1 heterocycles. The molecule has 3 rings (SSSR count). The predicted octanol–water partition coefficient (Wildman–Crippen LogP) is 3.71. The Balaban J connectivity index is 1.53. The SMILES string of the molecule is CCNC(=NCCOCc1ccccc1)NC(C)c1cccc(-n2cccn2)c1. The van der Waals surface area contributed by atoms with E-state index in [1.54, 1.807) is 6.20 Å². The minimum Gasteiger partial charge on any atom is -0.375 e. The van der Waals surface area contributed by atoms with Crippen LogP contribution in [0.1, 0.15) is 31.0 Å². The first-order valence-electron chi connectivity index (χ1n) is 10.0. The second kappa shape index (κ2) is 11.0. The van der Waals surface area contributed by atoms with Crippen LogP contribution in [0, 0.1) is 0 Å². The molecule has 1 atom stereocenters. The van der Waals surface area contributed by atoms with Crippen molar-refractivity contribution in [2.24, 2.45) is 4.99 Å². The summed E-state index contributed by atoms with van der Waals surface area (Å²) < 4.78 is 7.58. The third kappa shape index (κ3) is 6.47. The molecule has 1 unspecified atom stereocenters. The van der Waals surface area contributed by atoms with E-state index in [1.807, 2.05) is 47.3 Å². The number of hydrogen-bond acceptors (Lipinski definition) is 3. The maximum atomic E-state index is 5.72. The van der Waals surface area contributed by atoms with Gasteiger partial charge in [-0.2, -0.15) is 5.10 Å². The Morgan fingerprint density at radius 3 is 2.76 bits per heavy atom. The van der Waals surface area contributed by atoms with Gasteiger partial charge in [-0.25, -0.2) is 4.68 Å². The molecule has 29 heavy (non-hydrogen) atoms. The first kappa shape index (κ1) is 20.6. The smallest absolute Gasteiger partial charge is 0.191 e. The van der Waals surface area contributed by atoms with Crippen LogP contribution in [0.3, 0.4) is 0 Å². The van der Waals surface area contributed by atoms with E-state index < -0.39 is 0 Å². The van der Waals surface area contributed by atoms with Crippen LogP contribution in [0.25, 0.3) is 5.69 Å². The van der Waals surface area contributed by atoms with E-state index in [1.165, 1.54) is 11.1 Å². The fraction of sp³-hybridized carbons (Fsp3) is 0.304. The Morgan fingerprint density at radius 1 is 1.14 bits per heavy atom. The van der Waals surface area contributed by atoms with Gasteiger partial charge in [-0.3, -0.25) is 4.99 Å². The summed E-state index contributed by atoms with van der Waals surface area (Å²) in [6, 6.07) is 20.5. The first-order chi connectivity index (χ1) is 14.3. The number of hydrogen-bond donors (Lipinski definition) is 2. The van der Waals surface area contributed by atoms with E-state index in [9.17, 15) is 0 Å². The van der Waals surface area contributed by atoms with Crippen LogP contribution in [0.5, 0.6) is 0 Å². The van der Waals surface area contributed by atoms with Crippen LogP contribution in [0.2, 0.25) is 0 Å². The van der Waals surface area contributed by atoms with E-state index >= 15 is 0 Å². The number of nitrogens with zero attached hydrogens (tertiary/aromatic N) is 3. The third-order valence-corrected chi connectivity index (χ3v) is 4.45. The molecular formula is C23H29N5O. The molecule has 3 aromatic rings. The highest BCUT2D eigenvalue weighted by atomic mass is 16.5. The van der Waals surface area contributed by atoms with Crippen LogP contribution in [0.4, 0.5) is 0 Å². The summed E-state index contributed by atoms with van der Waals surface area (Å²) in [7, 11) is 0. The molecule has 0 radical (unpaired) electrons. The van der Waals surface area contributed by atoms with E-state index in [4.69, 9.17) is 4.74 Å². The summed E-state index contributed by atoms with van der Waals surface area (Å²) >= 11 is 0. The average molecular weight is 392 g/mol. The number of aromatic nitrogens is 2. The molecule has 152 valence electrons. The Kier molecular flexibility index (Phi) is 7.83. The molecular weight excluding hydrogens is 362 g/mol. The van der Waals surface area contributed by atoms with Crippen molar-refractivity contribution in [3.63, 3.8) is 0 Å².